The van der Waals surface area contributed by atoms with Crippen LogP contribution in [0.25, 0.3) is 11.1 Å². The van der Waals surface area contributed by atoms with Crippen LogP contribution in [0.15, 0.2) is 35.0 Å². The number of nitrogens with zero attached hydrogens (tertiary/aromatic N) is 1. The van der Waals surface area contributed by atoms with Crippen molar-refractivity contribution in [1.29, 1.82) is 5.26 Å². The summed E-state index contributed by atoms with van der Waals surface area (Å²) >= 11 is 1.34. The summed E-state index contributed by atoms with van der Waals surface area (Å²) in [5.74, 6) is -0.0996. The van der Waals surface area contributed by atoms with E-state index in [0.717, 1.165) is 12.1 Å². The average molecular weight is 395 g/mol. The lowest BCUT2D eigenvalue weighted by molar-refractivity contribution is -0.137. The summed E-state index contributed by atoms with van der Waals surface area (Å²) in [4.78, 5) is 12.3. The van der Waals surface area contributed by atoms with Gasteiger partial charge in [0.05, 0.1) is 17.3 Å². The summed E-state index contributed by atoms with van der Waals surface area (Å²) in [6, 6.07) is 6.37. The van der Waals surface area contributed by atoms with E-state index in [-0.39, 0.29) is 18.4 Å². The third-order valence-corrected chi connectivity index (χ3v) is 4.60. The van der Waals surface area contributed by atoms with Gasteiger partial charge in [0.2, 0.25) is 5.91 Å². The summed E-state index contributed by atoms with van der Waals surface area (Å²) < 4.78 is 39.0. The van der Waals surface area contributed by atoms with E-state index in [2.05, 4.69) is 10.6 Å². The maximum absolute atomic E-state index is 13.0. The Balaban J connectivity index is 2.29. The van der Waals surface area contributed by atoms with Crippen LogP contribution in [0.5, 0.6) is 0 Å². The summed E-state index contributed by atoms with van der Waals surface area (Å²) in [5, 5.41) is 17.8. The highest BCUT2D eigenvalue weighted by Gasteiger charge is 2.30. The largest absolute Gasteiger partial charge is 0.416 e. The van der Waals surface area contributed by atoms with Gasteiger partial charge in [-0.2, -0.15) is 18.4 Å². The molecule has 2 rings (SSSR count). The van der Waals surface area contributed by atoms with E-state index < -0.39 is 17.8 Å². The maximum atomic E-state index is 13.0. The fourth-order valence-corrected chi connectivity index (χ4v) is 3.43. The maximum Gasteiger partial charge on any atom is 0.416 e. The monoisotopic (exact) mass is 395 g/mol. The molecule has 1 aromatic carbocycles. The van der Waals surface area contributed by atoms with E-state index >= 15 is 0 Å². The summed E-state index contributed by atoms with van der Waals surface area (Å²) in [7, 11) is 0. The van der Waals surface area contributed by atoms with Crippen molar-refractivity contribution in [2.24, 2.45) is 5.92 Å². The fraction of sp³-hybridized carbons (Fsp3) is 0.368. The number of halogens is 3. The molecule has 0 aliphatic carbocycles. The van der Waals surface area contributed by atoms with E-state index in [1.807, 2.05) is 19.9 Å². The molecule has 1 atom stereocenters. The zero-order chi connectivity index (χ0) is 20.0. The van der Waals surface area contributed by atoms with Crippen molar-refractivity contribution in [2.45, 2.75) is 32.5 Å². The number of hydrogen-bond donors (Lipinski definition) is 2. The van der Waals surface area contributed by atoms with Gasteiger partial charge in [-0.3, -0.25) is 4.79 Å². The van der Waals surface area contributed by atoms with Crippen LogP contribution in [0.3, 0.4) is 0 Å². The van der Waals surface area contributed by atoms with Gasteiger partial charge in [-0.1, -0.05) is 26.0 Å². The molecular weight excluding hydrogens is 375 g/mol. The summed E-state index contributed by atoms with van der Waals surface area (Å²) in [6.07, 6.45) is -3.90. The quantitative estimate of drug-likeness (QED) is 0.656. The molecule has 1 heterocycles. The molecule has 0 aliphatic heterocycles. The Morgan fingerprint density at radius 3 is 2.67 bits per heavy atom. The zero-order valence-electron chi connectivity index (χ0n) is 14.9. The topological polar surface area (TPSA) is 64.9 Å². The minimum absolute atomic E-state index is 0.0980. The summed E-state index contributed by atoms with van der Waals surface area (Å²) in [6.45, 7) is 3.83. The van der Waals surface area contributed by atoms with E-state index in [1.54, 1.807) is 16.8 Å². The number of carbonyl (C=O) groups is 1. The number of anilines is 1. The van der Waals surface area contributed by atoms with Crippen LogP contribution < -0.4 is 10.6 Å². The molecule has 0 radical (unpaired) electrons. The van der Waals surface area contributed by atoms with E-state index in [9.17, 15) is 18.0 Å². The van der Waals surface area contributed by atoms with Crippen LogP contribution in [-0.4, -0.2) is 18.5 Å². The van der Waals surface area contributed by atoms with Crippen LogP contribution in [0.1, 0.15) is 25.8 Å². The Morgan fingerprint density at radius 1 is 1.30 bits per heavy atom. The van der Waals surface area contributed by atoms with Crippen molar-refractivity contribution in [1.82, 2.24) is 5.32 Å². The van der Waals surface area contributed by atoms with Gasteiger partial charge in [0.15, 0.2) is 0 Å². The minimum Gasteiger partial charge on any atom is -0.372 e. The van der Waals surface area contributed by atoms with E-state index in [1.165, 1.54) is 17.4 Å². The lowest BCUT2D eigenvalue weighted by atomic mass is 10.0. The van der Waals surface area contributed by atoms with Crippen molar-refractivity contribution in [3.8, 4) is 17.2 Å². The Kier molecular flexibility index (Phi) is 6.86. The van der Waals surface area contributed by atoms with Gasteiger partial charge >= 0.3 is 6.18 Å². The van der Waals surface area contributed by atoms with Crippen molar-refractivity contribution in [3.05, 3.63) is 40.6 Å². The smallest absolute Gasteiger partial charge is 0.372 e. The fourth-order valence-electron chi connectivity index (χ4n) is 2.64. The average Bonchev–Trinajstić information content (AvgIpc) is 3.06. The van der Waals surface area contributed by atoms with Gasteiger partial charge in [0.1, 0.15) is 12.6 Å². The molecule has 2 N–H and O–H groups in total. The van der Waals surface area contributed by atoms with Gasteiger partial charge in [0, 0.05) is 16.3 Å². The SMILES string of the molecule is CC(C)C[C@H](Nc1cscc1-c1cccc(C(F)(F)F)c1)C(=O)NCC#N. The number of rotatable bonds is 7. The number of alkyl halides is 3. The van der Waals surface area contributed by atoms with Gasteiger partial charge < -0.3 is 10.6 Å². The predicted molar refractivity (Wildman–Crippen MR) is 100 cm³/mol. The lowest BCUT2D eigenvalue weighted by Crippen LogP contribution is -2.40. The van der Waals surface area contributed by atoms with Crippen molar-refractivity contribution >= 4 is 22.9 Å². The second-order valence-corrected chi connectivity index (χ2v) is 7.22. The zero-order valence-corrected chi connectivity index (χ0v) is 15.7. The first-order valence-electron chi connectivity index (χ1n) is 8.37. The number of nitriles is 1. The molecular formula is C19H20F3N3OS. The number of nitrogens with one attached hydrogen (secondary N) is 2. The van der Waals surface area contributed by atoms with Crippen molar-refractivity contribution in [3.63, 3.8) is 0 Å². The van der Waals surface area contributed by atoms with Crippen LogP contribution in [0, 0.1) is 17.2 Å². The highest BCUT2D eigenvalue weighted by atomic mass is 32.1. The highest BCUT2D eigenvalue weighted by Crippen LogP contribution is 2.36. The number of benzene rings is 1. The molecule has 0 aliphatic rings. The first-order valence-corrected chi connectivity index (χ1v) is 9.31. The summed E-state index contributed by atoms with van der Waals surface area (Å²) in [5.41, 5.74) is 0.905. The Morgan fingerprint density at radius 2 is 2.04 bits per heavy atom. The molecule has 0 spiro atoms. The molecule has 8 heteroatoms. The van der Waals surface area contributed by atoms with E-state index in [0.29, 0.717) is 23.2 Å². The molecule has 0 saturated heterocycles. The van der Waals surface area contributed by atoms with E-state index in [4.69, 9.17) is 5.26 Å². The highest BCUT2D eigenvalue weighted by molar-refractivity contribution is 7.08. The normalized spacial score (nSPS) is 12.5. The molecule has 0 unspecified atom stereocenters. The van der Waals surface area contributed by atoms with Crippen molar-refractivity contribution in [2.75, 3.05) is 11.9 Å². The third kappa shape index (κ3) is 5.73. The van der Waals surface area contributed by atoms with Crippen molar-refractivity contribution < 1.29 is 18.0 Å². The molecule has 4 nitrogen and oxygen atoms in total. The lowest BCUT2D eigenvalue weighted by Gasteiger charge is -2.21. The second kappa shape index (κ2) is 8.91. The Hall–Kier alpha value is -2.53. The van der Waals surface area contributed by atoms with Crippen LogP contribution >= 0.6 is 11.3 Å². The Bertz CT molecular complexity index is 824. The standard InChI is InChI=1S/C19H20F3N3OS/c1-12(2)8-16(18(26)24-7-6-23)25-17-11-27-10-15(17)13-4-3-5-14(9-13)19(20,21)22/h3-5,9-12,16,25H,7-8H2,1-2H3,(H,24,26)/t16-/m0/s1. The molecule has 27 heavy (non-hydrogen) atoms. The first kappa shape index (κ1) is 20.8. The number of amides is 1. The molecule has 0 bridgehead atoms. The van der Waals surface area contributed by atoms with Crippen LogP contribution in [-0.2, 0) is 11.0 Å². The molecule has 1 amide bonds. The minimum atomic E-state index is -4.42. The Labute approximate surface area is 160 Å². The van der Waals surface area contributed by atoms with Gasteiger partial charge in [0.25, 0.3) is 0 Å². The predicted octanol–water partition coefficient (Wildman–Crippen LogP) is 4.90. The molecule has 1 aromatic heterocycles. The molecule has 2 aromatic rings. The van der Waals surface area contributed by atoms with Gasteiger partial charge in [-0.25, -0.2) is 0 Å². The molecule has 0 saturated carbocycles. The number of thiophene rings is 1. The van der Waals surface area contributed by atoms with Crippen LogP contribution in [0.4, 0.5) is 18.9 Å². The second-order valence-electron chi connectivity index (χ2n) is 6.48. The number of hydrogen-bond acceptors (Lipinski definition) is 4. The molecule has 144 valence electrons. The van der Waals surface area contributed by atoms with Crippen LogP contribution in [0.2, 0.25) is 0 Å². The van der Waals surface area contributed by atoms with Gasteiger partial charge in [-0.05, 0) is 30.0 Å². The third-order valence-electron chi connectivity index (χ3n) is 3.86. The van der Waals surface area contributed by atoms with Gasteiger partial charge in [-0.15, -0.1) is 11.3 Å². The number of carbonyl (C=O) groups excluding carboxylic acids is 1. The molecule has 0 fully saturated rings. The first-order chi connectivity index (χ1) is 12.7.